The van der Waals surface area contributed by atoms with Crippen LogP contribution < -0.4 is 10.1 Å². The van der Waals surface area contributed by atoms with Crippen LogP contribution in [0.1, 0.15) is 64.9 Å². The molecule has 1 aliphatic rings. The first kappa shape index (κ1) is 28.3. The topological polar surface area (TPSA) is 107 Å². The molecule has 0 fully saturated rings. The first-order valence-electron chi connectivity index (χ1n) is 13.6. The molecule has 5 rings (SSSR count). The molecule has 1 amide bonds. The van der Waals surface area contributed by atoms with E-state index >= 15 is 0 Å². The normalized spacial score (nSPS) is 15.0. The van der Waals surface area contributed by atoms with Gasteiger partial charge in [0.25, 0.3) is 11.6 Å². The van der Waals surface area contributed by atoms with Crippen LogP contribution in [0.15, 0.2) is 76.3 Å². The van der Waals surface area contributed by atoms with Gasteiger partial charge in [0.2, 0.25) is 0 Å². The zero-order valence-electron chi connectivity index (χ0n) is 23.4. The van der Waals surface area contributed by atoms with Crippen LogP contribution in [0.3, 0.4) is 0 Å². The Kier molecular flexibility index (Phi) is 8.35. The molecule has 8 nitrogen and oxygen atoms in total. The van der Waals surface area contributed by atoms with Crippen LogP contribution in [0.4, 0.5) is 10.7 Å². The second-order valence-corrected chi connectivity index (χ2v) is 12.4. The number of nitrogens with zero attached hydrogens (tertiary/aromatic N) is 2. The van der Waals surface area contributed by atoms with Gasteiger partial charge in [0, 0.05) is 23.2 Å². The lowest BCUT2D eigenvalue weighted by Gasteiger charge is -2.33. The summed E-state index contributed by atoms with van der Waals surface area (Å²) in [6, 6.07) is 17.5. The van der Waals surface area contributed by atoms with Crippen molar-refractivity contribution in [3.8, 4) is 5.75 Å². The van der Waals surface area contributed by atoms with Crippen LogP contribution in [-0.2, 0) is 26.0 Å². The van der Waals surface area contributed by atoms with Crippen molar-refractivity contribution in [2.24, 2.45) is 16.3 Å². The SMILES string of the molecule is CC(C)(C)[C@@H]1CCc2c(sc(N=Cc3cccc(OCc4ccc([N+](=O)[O-])cc4)c3)c2C(=O)NCc2ccco2)C1. The summed E-state index contributed by atoms with van der Waals surface area (Å²) in [5.74, 6) is 1.77. The maximum atomic E-state index is 13.4. The third kappa shape index (κ3) is 6.92. The summed E-state index contributed by atoms with van der Waals surface area (Å²) in [5.41, 5.74) is 3.68. The number of carbonyl (C=O) groups is 1. The van der Waals surface area contributed by atoms with Gasteiger partial charge in [-0.2, -0.15) is 0 Å². The van der Waals surface area contributed by atoms with Crippen molar-refractivity contribution in [3.63, 3.8) is 0 Å². The zero-order chi connectivity index (χ0) is 29.0. The fourth-order valence-electron chi connectivity index (χ4n) is 5.00. The quantitative estimate of drug-likeness (QED) is 0.126. The molecule has 1 atom stereocenters. The van der Waals surface area contributed by atoms with E-state index in [1.165, 1.54) is 17.0 Å². The van der Waals surface area contributed by atoms with Gasteiger partial charge in [-0.15, -0.1) is 11.3 Å². The first-order chi connectivity index (χ1) is 19.7. The van der Waals surface area contributed by atoms with Crippen LogP contribution in [0, 0.1) is 21.4 Å². The van der Waals surface area contributed by atoms with E-state index in [1.807, 2.05) is 30.3 Å². The summed E-state index contributed by atoms with van der Waals surface area (Å²) in [5, 5.41) is 14.6. The number of non-ortho nitro benzene ring substituents is 1. The predicted octanol–water partition coefficient (Wildman–Crippen LogP) is 7.66. The average Bonchev–Trinajstić information content (AvgIpc) is 3.61. The van der Waals surface area contributed by atoms with E-state index in [-0.39, 0.29) is 23.6 Å². The number of nitro benzene ring substituents is 1. The number of thiophene rings is 1. The highest BCUT2D eigenvalue weighted by atomic mass is 32.1. The third-order valence-corrected chi connectivity index (χ3v) is 8.61. The van der Waals surface area contributed by atoms with Gasteiger partial charge in [0.1, 0.15) is 23.1 Å². The van der Waals surface area contributed by atoms with E-state index in [1.54, 1.807) is 42.0 Å². The average molecular weight is 572 g/mol. The number of furan rings is 1. The number of nitro groups is 1. The molecule has 0 saturated carbocycles. The second-order valence-electron chi connectivity index (χ2n) is 11.3. The Morgan fingerprint density at radius 3 is 2.71 bits per heavy atom. The van der Waals surface area contributed by atoms with Crippen molar-refractivity contribution >= 4 is 34.1 Å². The summed E-state index contributed by atoms with van der Waals surface area (Å²) < 4.78 is 11.3. The molecule has 4 aromatic rings. The van der Waals surface area contributed by atoms with E-state index in [0.717, 1.165) is 36.0 Å². The number of nitrogens with one attached hydrogen (secondary N) is 1. The largest absolute Gasteiger partial charge is 0.489 e. The molecular weight excluding hydrogens is 538 g/mol. The number of ether oxygens (including phenoxy) is 1. The number of aliphatic imine (C=N–C) groups is 1. The van der Waals surface area contributed by atoms with E-state index in [4.69, 9.17) is 14.1 Å². The molecule has 2 heterocycles. The van der Waals surface area contributed by atoms with Crippen LogP contribution in [0.25, 0.3) is 0 Å². The number of hydrogen-bond acceptors (Lipinski definition) is 7. The third-order valence-electron chi connectivity index (χ3n) is 7.44. The Morgan fingerprint density at radius 1 is 1.20 bits per heavy atom. The van der Waals surface area contributed by atoms with E-state index < -0.39 is 4.92 Å². The van der Waals surface area contributed by atoms with Crippen molar-refractivity contribution in [3.05, 3.63) is 110 Å². The van der Waals surface area contributed by atoms with Crippen molar-refractivity contribution in [1.82, 2.24) is 5.32 Å². The molecule has 2 aromatic carbocycles. The van der Waals surface area contributed by atoms with Crippen LogP contribution in [-0.4, -0.2) is 17.0 Å². The Morgan fingerprint density at radius 2 is 2.00 bits per heavy atom. The fraction of sp³-hybridized carbons (Fsp3) is 0.312. The highest BCUT2D eigenvalue weighted by Gasteiger charge is 2.33. The second kappa shape index (κ2) is 12.1. The zero-order valence-corrected chi connectivity index (χ0v) is 24.2. The highest BCUT2D eigenvalue weighted by molar-refractivity contribution is 7.16. The van der Waals surface area contributed by atoms with Gasteiger partial charge < -0.3 is 14.5 Å². The number of fused-ring (bicyclic) bond motifs is 1. The monoisotopic (exact) mass is 571 g/mol. The van der Waals surface area contributed by atoms with Crippen LogP contribution in [0.2, 0.25) is 0 Å². The van der Waals surface area contributed by atoms with Crippen molar-refractivity contribution in [2.75, 3.05) is 0 Å². The molecule has 0 radical (unpaired) electrons. The maximum Gasteiger partial charge on any atom is 0.269 e. The molecule has 1 aliphatic carbocycles. The standard InChI is InChI=1S/C32H33N3O5S/c1-32(2,3)23-11-14-27-28(17-23)41-31(29(27)30(36)33-19-26-8-5-15-39-26)34-18-22-6-4-7-25(16-22)40-20-21-9-12-24(13-10-21)35(37)38/h4-10,12-13,15-16,18,23H,11,14,17,19-20H2,1-3H3,(H,33,36)/t23-/m1/s1. The van der Waals surface area contributed by atoms with E-state index in [9.17, 15) is 14.9 Å². The fourth-order valence-corrected chi connectivity index (χ4v) is 6.27. The van der Waals surface area contributed by atoms with Crippen molar-refractivity contribution in [1.29, 1.82) is 0 Å². The van der Waals surface area contributed by atoms with Gasteiger partial charge in [-0.05, 0) is 83.7 Å². The Balaban J connectivity index is 1.35. The summed E-state index contributed by atoms with van der Waals surface area (Å²) in [4.78, 5) is 29.9. The smallest absolute Gasteiger partial charge is 0.269 e. The van der Waals surface area contributed by atoms with Crippen LogP contribution in [0.5, 0.6) is 5.75 Å². The van der Waals surface area contributed by atoms with Gasteiger partial charge in [0.15, 0.2) is 0 Å². The van der Waals surface area contributed by atoms with Crippen molar-refractivity contribution in [2.45, 2.75) is 53.2 Å². The molecule has 0 saturated heterocycles. The minimum absolute atomic E-state index is 0.0464. The molecule has 2 aromatic heterocycles. The van der Waals surface area contributed by atoms with Crippen LogP contribution >= 0.6 is 11.3 Å². The summed E-state index contributed by atoms with van der Waals surface area (Å²) in [6.45, 7) is 7.44. The number of benzene rings is 2. The number of amides is 1. The number of rotatable bonds is 9. The number of carbonyl (C=O) groups excluding carboxylic acids is 1. The Hall–Kier alpha value is -4.24. The molecule has 1 N–H and O–H groups in total. The molecule has 0 bridgehead atoms. The van der Waals surface area contributed by atoms with Gasteiger partial charge in [-0.1, -0.05) is 32.9 Å². The van der Waals surface area contributed by atoms with E-state index in [0.29, 0.717) is 34.5 Å². The molecular formula is C32H33N3O5S. The van der Waals surface area contributed by atoms with Gasteiger partial charge in [-0.3, -0.25) is 14.9 Å². The maximum absolute atomic E-state index is 13.4. The minimum atomic E-state index is -0.422. The lowest BCUT2D eigenvalue weighted by Crippen LogP contribution is -2.28. The molecule has 212 valence electrons. The van der Waals surface area contributed by atoms with Gasteiger partial charge in [0.05, 0.1) is 23.3 Å². The molecule has 0 unspecified atom stereocenters. The molecule has 0 spiro atoms. The lowest BCUT2D eigenvalue weighted by molar-refractivity contribution is -0.384. The highest BCUT2D eigenvalue weighted by Crippen LogP contribution is 2.45. The summed E-state index contributed by atoms with van der Waals surface area (Å²) in [6.07, 6.45) is 6.21. The molecule has 41 heavy (non-hydrogen) atoms. The minimum Gasteiger partial charge on any atom is -0.489 e. The number of hydrogen-bond donors (Lipinski definition) is 1. The van der Waals surface area contributed by atoms with Gasteiger partial charge >= 0.3 is 0 Å². The Bertz CT molecular complexity index is 1550. The van der Waals surface area contributed by atoms with Gasteiger partial charge in [-0.25, -0.2) is 4.99 Å². The first-order valence-corrected chi connectivity index (χ1v) is 14.4. The van der Waals surface area contributed by atoms with E-state index in [2.05, 4.69) is 26.1 Å². The molecule has 9 heteroatoms. The summed E-state index contributed by atoms with van der Waals surface area (Å²) >= 11 is 1.61. The van der Waals surface area contributed by atoms with Crippen molar-refractivity contribution < 1.29 is 18.9 Å². The predicted molar refractivity (Wildman–Crippen MR) is 160 cm³/mol. The lowest BCUT2D eigenvalue weighted by atomic mass is 9.72. The Labute approximate surface area is 243 Å². The molecule has 0 aliphatic heterocycles. The summed E-state index contributed by atoms with van der Waals surface area (Å²) in [7, 11) is 0.